The molecular formula is C21H34N4O2. The Morgan fingerprint density at radius 1 is 1.19 bits per heavy atom. The van der Waals surface area contributed by atoms with Gasteiger partial charge in [0.05, 0.1) is 19.2 Å². The average Bonchev–Trinajstić information content (AvgIpc) is 3.49. The van der Waals surface area contributed by atoms with Gasteiger partial charge in [0.15, 0.2) is 5.96 Å². The molecule has 1 aliphatic rings. The van der Waals surface area contributed by atoms with Crippen LogP contribution in [0.3, 0.4) is 0 Å². The van der Waals surface area contributed by atoms with Gasteiger partial charge in [0.25, 0.3) is 0 Å². The number of nitrogens with zero attached hydrogens (tertiary/aromatic N) is 1. The van der Waals surface area contributed by atoms with Crippen molar-refractivity contribution in [3.63, 3.8) is 0 Å². The lowest BCUT2D eigenvalue weighted by Crippen LogP contribution is -2.39. The summed E-state index contributed by atoms with van der Waals surface area (Å²) in [6.45, 7) is 11.1. The van der Waals surface area contributed by atoms with Crippen molar-refractivity contribution in [1.82, 2.24) is 16.0 Å². The molecule has 2 rings (SSSR count). The molecule has 0 radical (unpaired) electrons. The summed E-state index contributed by atoms with van der Waals surface area (Å²) in [4.78, 5) is 16.2. The molecule has 1 amide bonds. The topological polar surface area (TPSA) is 74.8 Å². The number of nitrogens with one attached hydrogen (secondary N) is 3. The predicted octanol–water partition coefficient (Wildman–Crippen LogP) is 2.86. The molecule has 1 unspecified atom stereocenters. The van der Waals surface area contributed by atoms with Crippen molar-refractivity contribution in [2.75, 3.05) is 26.2 Å². The zero-order valence-electron chi connectivity index (χ0n) is 17.0. The van der Waals surface area contributed by atoms with Gasteiger partial charge in [0, 0.05) is 19.0 Å². The Hall–Kier alpha value is -2.24. The fraction of sp³-hybridized carbons (Fsp3) is 0.619. The Kier molecular flexibility index (Phi) is 8.43. The van der Waals surface area contributed by atoms with E-state index < -0.39 is 0 Å². The minimum Gasteiger partial charge on any atom is -0.493 e. The largest absolute Gasteiger partial charge is 0.493 e. The Morgan fingerprint density at radius 2 is 1.89 bits per heavy atom. The Bertz CT molecular complexity index is 609. The van der Waals surface area contributed by atoms with Gasteiger partial charge < -0.3 is 20.7 Å². The summed E-state index contributed by atoms with van der Waals surface area (Å²) in [5, 5.41) is 9.60. The van der Waals surface area contributed by atoms with E-state index in [1.807, 2.05) is 19.1 Å². The summed E-state index contributed by atoms with van der Waals surface area (Å²) >= 11 is 0. The minimum atomic E-state index is 0.114. The maximum Gasteiger partial charge on any atom is 0.223 e. The molecule has 1 saturated carbocycles. The minimum absolute atomic E-state index is 0.114. The number of hydrogen-bond acceptors (Lipinski definition) is 3. The molecule has 0 aliphatic heterocycles. The average molecular weight is 375 g/mol. The first-order valence-electron chi connectivity index (χ1n) is 10.0. The molecule has 6 heteroatoms. The number of carbonyl (C=O) groups is 1. The Morgan fingerprint density at radius 3 is 2.48 bits per heavy atom. The Balaban J connectivity index is 1.82. The van der Waals surface area contributed by atoms with Crippen LogP contribution in [0.25, 0.3) is 0 Å². The second-order valence-electron chi connectivity index (χ2n) is 7.47. The number of amides is 1. The first kappa shape index (κ1) is 21.1. The highest BCUT2D eigenvalue weighted by molar-refractivity contribution is 5.81. The fourth-order valence-electron chi connectivity index (χ4n) is 2.56. The van der Waals surface area contributed by atoms with Gasteiger partial charge in [-0.15, -0.1) is 0 Å². The van der Waals surface area contributed by atoms with E-state index in [1.165, 1.54) is 5.56 Å². The van der Waals surface area contributed by atoms with Crippen LogP contribution in [-0.2, 0) is 4.79 Å². The van der Waals surface area contributed by atoms with Gasteiger partial charge in [0.2, 0.25) is 5.91 Å². The third-order valence-electron chi connectivity index (χ3n) is 4.29. The highest BCUT2D eigenvalue weighted by Crippen LogP contribution is 2.28. The highest BCUT2D eigenvalue weighted by atomic mass is 16.5. The lowest BCUT2D eigenvalue weighted by Gasteiger charge is -2.19. The number of aliphatic imine (C=N–C) groups is 1. The molecule has 6 nitrogen and oxygen atoms in total. The number of ether oxygens (including phenoxy) is 1. The quantitative estimate of drug-likeness (QED) is 0.334. The molecule has 27 heavy (non-hydrogen) atoms. The van der Waals surface area contributed by atoms with Gasteiger partial charge in [-0.25, -0.2) is 0 Å². The standard InChI is InChI=1S/C21H34N4O2/c1-5-22-21(24-13-12-23-20(26)18-6-7-18)25-16(4)17-8-10-19(11-9-17)27-14-15(2)3/h8-11,15-16,18H,5-7,12-14H2,1-4H3,(H,23,26)(H2,22,24,25). The zero-order valence-corrected chi connectivity index (χ0v) is 17.0. The zero-order chi connectivity index (χ0) is 19.6. The van der Waals surface area contributed by atoms with Crippen LogP contribution in [-0.4, -0.2) is 38.1 Å². The van der Waals surface area contributed by atoms with Crippen molar-refractivity contribution in [2.45, 2.75) is 46.6 Å². The van der Waals surface area contributed by atoms with Crippen LogP contribution >= 0.6 is 0 Å². The van der Waals surface area contributed by atoms with E-state index in [-0.39, 0.29) is 17.9 Å². The summed E-state index contributed by atoms with van der Waals surface area (Å²) in [6, 6.07) is 8.28. The normalized spacial score (nSPS) is 15.4. The molecule has 150 valence electrons. The first-order valence-corrected chi connectivity index (χ1v) is 10.0. The molecule has 1 aromatic carbocycles. The van der Waals surface area contributed by atoms with Crippen LogP contribution in [0.2, 0.25) is 0 Å². The van der Waals surface area contributed by atoms with E-state index in [2.05, 4.69) is 53.8 Å². The second-order valence-corrected chi connectivity index (χ2v) is 7.47. The van der Waals surface area contributed by atoms with E-state index in [0.717, 1.165) is 37.7 Å². The van der Waals surface area contributed by atoms with Crippen LogP contribution in [0.4, 0.5) is 0 Å². The van der Waals surface area contributed by atoms with Crippen LogP contribution < -0.4 is 20.7 Å². The molecule has 1 aromatic rings. The number of benzene rings is 1. The number of guanidine groups is 1. The smallest absolute Gasteiger partial charge is 0.223 e. The molecule has 0 spiro atoms. The van der Waals surface area contributed by atoms with Gasteiger partial charge >= 0.3 is 0 Å². The summed E-state index contributed by atoms with van der Waals surface area (Å²) in [7, 11) is 0. The molecule has 0 saturated heterocycles. The third kappa shape index (κ3) is 7.89. The van der Waals surface area contributed by atoms with E-state index in [0.29, 0.717) is 19.0 Å². The molecule has 1 fully saturated rings. The molecule has 0 bridgehead atoms. The van der Waals surface area contributed by atoms with E-state index in [4.69, 9.17) is 4.74 Å². The number of hydrogen-bond donors (Lipinski definition) is 3. The number of carbonyl (C=O) groups excluding carboxylic acids is 1. The van der Waals surface area contributed by atoms with E-state index in [1.54, 1.807) is 0 Å². The number of rotatable bonds is 10. The molecule has 0 aromatic heterocycles. The molecular weight excluding hydrogens is 340 g/mol. The van der Waals surface area contributed by atoms with Crippen molar-refractivity contribution in [2.24, 2.45) is 16.8 Å². The monoisotopic (exact) mass is 374 g/mol. The van der Waals surface area contributed by atoms with Crippen molar-refractivity contribution >= 4 is 11.9 Å². The lowest BCUT2D eigenvalue weighted by atomic mass is 10.1. The summed E-state index contributed by atoms with van der Waals surface area (Å²) < 4.78 is 5.74. The third-order valence-corrected chi connectivity index (χ3v) is 4.29. The fourth-order valence-corrected chi connectivity index (χ4v) is 2.56. The van der Waals surface area contributed by atoms with E-state index in [9.17, 15) is 4.79 Å². The maximum absolute atomic E-state index is 11.6. The maximum atomic E-state index is 11.6. The van der Waals surface area contributed by atoms with Crippen molar-refractivity contribution in [3.05, 3.63) is 29.8 Å². The van der Waals surface area contributed by atoms with Crippen LogP contribution in [0, 0.1) is 11.8 Å². The van der Waals surface area contributed by atoms with Crippen molar-refractivity contribution < 1.29 is 9.53 Å². The molecule has 1 aliphatic carbocycles. The first-order chi connectivity index (χ1) is 13.0. The van der Waals surface area contributed by atoms with Gasteiger partial charge in [-0.3, -0.25) is 9.79 Å². The van der Waals surface area contributed by atoms with Gasteiger partial charge in [0.1, 0.15) is 5.75 Å². The van der Waals surface area contributed by atoms with Crippen LogP contribution in [0.1, 0.15) is 52.1 Å². The SMILES string of the molecule is CCNC(=NCCNC(=O)C1CC1)NC(C)c1ccc(OCC(C)C)cc1. The highest BCUT2D eigenvalue weighted by Gasteiger charge is 2.28. The molecule has 0 heterocycles. The van der Waals surface area contributed by atoms with Crippen molar-refractivity contribution in [3.8, 4) is 5.75 Å². The predicted molar refractivity (Wildman–Crippen MR) is 110 cm³/mol. The summed E-state index contributed by atoms with van der Waals surface area (Å²) in [5.74, 6) is 2.57. The molecule has 1 atom stereocenters. The summed E-state index contributed by atoms with van der Waals surface area (Å²) in [6.07, 6.45) is 2.05. The second kappa shape index (κ2) is 10.8. The lowest BCUT2D eigenvalue weighted by molar-refractivity contribution is -0.122. The Labute approximate surface area is 163 Å². The van der Waals surface area contributed by atoms with Crippen molar-refractivity contribution in [1.29, 1.82) is 0 Å². The van der Waals surface area contributed by atoms with Crippen LogP contribution in [0.15, 0.2) is 29.3 Å². The van der Waals surface area contributed by atoms with E-state index >= 15 is 0 Å². The van der Waals surface area contributed by atoms with Gasteiger partial charge in [-0.05, 0) is 50.3 Å². The van der Waals surface area contributed by atoms with Crippen LogP contribution in [0.5, 0.6) is 5.75 Å². The molecule has 3 N–H and O–H groups in total. The van der Waals surface area contributed by atoms with Gasteiger partial charge in [-0.1, -0.05) is 26.0 Å². The van der Waals surface area contributed by atoms with Gasteiger partial charge in [-0.2, -0.15) is 0 Å². The summed E-state index contributed by atoms with van der Waals surface area (Å²) in [5.41, 5.74) is 1.17.